The lowest BCUT2D eigenvalue weighted by Crippen LogP contribution is -2.50. The monoisotopic (exact) mass is 380 g/mol. The number of urea groups is 1. The van der Waals surface area contributed by atoms with E-state index in [0.29, 0.717) is 43.3 Å². The van der Waals surface area contributed by atoms with E-state index in [9.17, 15) is 9.90 Å². The molecule has 0 spiro atoms. The van der Waals surface area contributed by atoms with Crippen LogP contribution in [0.25, 0.3) is 0 Å². The summed E-state index contributed by atoms with van der Waals surface area (Å²) in [5, 5.41) is 13.9. The molecule has 28 heavy (non-hydrogen) atoms. The van der Waals surface area contributed by atoms with Crippen LogP contribution in [0, 0.1) is 5.92 Å². The van der Waals surface area contributed by atoms with E-state index >= 15 is 0 Å². The molecule has 2 aromatic rings. The van der Waals surface area contributed by atoms with Crippen LogP contribution in [0.1, 0.15) is 38.5 Å². The molecule has 5 heteroatoms. The van der Waals surface area contributed by atoms with Gasteiger partial charge in [-0.1, -0.05) is 37.1 Å². The van der Waals surface area contributed by atoms with E-state index in [4.69, 9.17) is 4.74 Å². The first-order valence-electron chi connectivity index (χ1n) is 10.2. The first kappa shape index (κ1) is 18.8. The van der Waals surface area contributed by atoms with Gasteiger partial charge in [0.25, 0.3) is 0 Å². The standard InChI is InChI=1S/C23H28N2O3/c26-22(25-15-13-23(27,14-16-25)18-7-4-5-8-18)24-19-9-6-12-21(17-19)28-20-10-2-1-3-11-20/h1-3,6,9-12,17-18,27H,4-5,7-8,13-16H2,(H,24,26). The van der Waals surface area contributed by atoms with Crippen molar-refractivity contribution in [2.45, 2.75) is 44.1 Å². The third kappa shape index (κ3) is 4.30. The number of amides is 2. The van der Waals surface area contributed by atoms with Gasteiger partial charge in [0.2, 0.25) is 0 Å². The minimum Gasteiger partial charge on any atom is -0.457 e. The van der Waals surface area contributed by atoms with Crippen LogP contribution in [-0.4, -0.2) is 34.7 Å². The number of aliphatic hydroxyl groups is 1. The van der Waals surface area contributed by atoms with Gasteiger partial charge in [-0.2, -0.15) is 0 Å². The minimum atomic E-state index is -0.587. The van der Waals surface area contributed by atoms with Crippen molar-refractivity contribution < 1.29 is 14.6 Å². The maximum Gasteiger partial charge on any atom is 0.321 e. The molecule has 1 saturated heterocycles. The normalized spacial score (nSPS) is 19.4. The molecule has 0 aromatic heterocycles. The molecule has 0 atom stereocenters. The highest BCUT2D eigenvalue weighted by Crippen LogP contribution is 2.40. The van der Waals surface area contributed by atoms with E-state index in [-0.39, 0.29) is 6.03 Å². The zero-order valence-electron chi connectivity index (χ0n) is 16.1. The molecule has 1 saturated carbocycles. The first-order chi connectivity index (χ1) is 13.6. The SMILES string of the molecule is O=C(Nc1cccc(Oc2ccccc2)c1)N1CCC(O)(C2CCCC2)CC1. The Morgan fingerprint density at radius 1 is 1.00 bits per heavy atom. The maximum atomic E-state index is 12.7. The molecule has 2 N–H and O–H groups in total. The Hall–Kier alpha value is -2.53. The number of likely N-dealkylation sites (tertiary alicyclic amines) is 1. The summed E-state index contributed by atoms with van der Waals surface area (Å²) in [6, 6.07) is 16.9. The van der Waals surface area contributed by atoms with E-state index in [1.165, 1.54) is 12.8 Å². The molecular formula is C23H28N2O3. The summed E-state index contributed by atoms with van der Waals surface area (Å²) < 4.78 is 5.83. The van der Waals surface area contributed by atoms with Crippen molar-refractivity contribution >= 4 is 11.7 Å². The second kappa shape index (κ2) is 8.23. The van der Waals surface area contributed by atoms with Gasteiger partial charge in [-0.3, -0.25) is 0 Å². The summed E-state index contributed by atoms with van der Waals surface area (Å²) in [5.41, 5.74) is 0.117. The lowest BCUT2D eigenvalue weighted by Gasteiger charge is -2.41. The third-order valence-corrected chi connectivity index (χ3v) is 6.10. The number of ether oxygens (including phenoxy) is 1. The van der Waals surface area contributed by atoms with Crippen molar-refractivity contribution in [3.63, 3.8) is 0 Å². The molecule has 0 unspecified atom stereocenters. The number of carbonyl (C=O) groups excluding carboxylic acids is 1. The zero-order chi connectivity index (χ0) is 19.4. The molecule has 1 heterocycles. The molecule has 0 radical (unpaired) electrons. The fourth-order valence-corrected chi connectivity index (χ4v) is 4.43. The van der Waals surface area contributed by atoms with Gasteiger partial charge in [-0.15, -0.1) is 0 Å². The number of para-hydroxylation sites is 1. The number of rotatable bonds is 4. The summed E-state index contributed by atoms with van der Waals surface area (Å²) >= 11 is 0. The van der Waals surface area contributed by atoms with Crippen LogP contribution >= 0.6 is 0 Å². The van der Waals surface area contributed by atoms with E-state index in [2.05, 4.69) is 5.32 Å². The number of piperidine rings is 1. The van der Waals surface area contributed by atoms with E-state index in [1.807, 2.05) is 54.6 Å². The number of benzene rings is 2. The van der Waals surface area contributed by atoms with E-state index in [1.54, 1.807) is 4.90 Å². The Bertz CT molecular complexity index is 795. The molecule has 2 fully saturated rings. The number of hydrogen-bond donors (Lipinski definition) is 2. The molecule has 1 aliphatic carbocycles. The molecule has 5 nitrogen and oxygen atoms in total. The number of hydrogen-bond acceptors (Lipinski definition) is 3. The van der Waals surface area contributed by atoms with Crippen LogP contribution < -0.4 is 10.1 Å². The fraction of sp³-hybridized carbons (Fsp3) is 0.435. The van der Waals surface area contributed by atoms with Gasteiger partial charge in [0.15, 0.2) is 0 Å². The highest BCUT2D eigenvalue weighted by Gasteiger charge is 2.41. The van der Waals surface area contributed by atoms with Gasteiger partial charge in [0.05, 0.1) is 5.60 Å². The predicted octanol–water partition coefficient (Wildman–Crippen LogP) is 5.03. The second-order valence-electron chi connectivity index (χ2n) is 7.95. The first-order valence-corrected chi connectivity index (χ1v) is 10.2. The van der Waals surface area contributed by atoms with Crippen molar-refractivity contribution in [3.05, 3.63) is 54.6 Å². The molecule has 2 aromatic carbocycles. The molecule has 148 valence electrons. The largest absolute Gasteiger partial charge is 0.457 e. The Labute approximate surface area is 166 Å². The molecular weight excluding hydrogens is 352 g/mol. The van der Waals surface area contributed by atoms with Gasteiger partial charge in [0, 0.05) is 24.8 Å². The fourth-order valence-electron chi connectivity index (χ4n) is 4.43. The van der Waals surface area contributed by atoms with Gasteiger partial charge >= 0.3 is 6.03 Å². The molecule has 1 aliphatic heterocycles. The molecule has 4 rings (SSSR count). The molecule has 2 amide bonds. The Balaban J connectivity index is 1.33. The summed E-state index contributed by atoms with van der Waals surface area (Å²) in [7, 11) is 0. The van der Waals surface area contributed by atoms with Gasteiger partial charge in [-0.05, 0) is 55.9 Å². The Morgan fingerprint density at radius 3 is 2.39 bits per heavy atom. The quantitative estimate of drug-likeness (QED) is 0.782. The summed E-state index contributed by atoms with van der Waals surface area (Å²) in [6.07, 6.45) is 6.02. The highest BCUT2D eigenvalue weighted by molar-refractivity contribution is 5.89. The van der Waals surface area contributed by atoms with Gasteiger partial charge in [-0.25, -0.2) is 4.79 Å². The predicted molar refractivity (Wildman–Crippen MR) is 110 cm³/mol. The Morgan fingerprint density at radius 2 is 1.68 bits per heavy atom. The van der Waals surface area contributed by atoms with Crippen LogP contribution in [0.5, 0.6) is 11.5 Å². The summed E-state index contributed by atoms with van der Waals surface area (Å²) in [4.78, 5) is 14.5. The maximum absolute atomic E-state index is 12.7. The van der Waals surface area contributed by atoms with Gasteiger partial charge < -0.3 is 20.1 Å². The number of anilines is 1. The van der Waals surface area contributed by atoms with Crippen LogP contribution in [0.3, 0.4) is 0 Å². The number of nitrogens with zero attached hydrogens (tertiary/aromatic N) is 1. The topological polar surface area (TPSA) is 61.8 Å². The van der Waals surface area contributed by atoms with E-state index < -0.39 is 5.60 Å². The lowest BCUT2D eigenvalue weighted by atomic mass is 9.78. The average molecular weight is 380 g/mol. The molecule has 2 aliphatic rings. The smallest absolute Gasteiger partial charge is 0.321 e. The minimum absolute atomic E-state index is 0.120. The van der Waals surface area contributed by atoms with Crippen LogP contribution in [-0.2, 0) is 0 Å². The van der Waals surface area contributed by atoms with Crippen molar-refractivity contribution in [1.29, 1.82) is 0 Å². The van der Waals surface area contributed by atoms with Crippen molar-refractivity contribution in [2.24, 2.45) is 5.92 Å². The zero-order valence-corrected chi connectivity index (χ0v) is 16.1. The van der Waals surface area contributed by atoms with Crippen molar-refractivity contribution in [3.8, 4) is 11.5 Å². The average Bonchev–Trinajstić information content (AvgIpc) is 3.25. The van der Waals surface area contributed by atoms with Crippen molar-refractivity contribution in [2.75, 3.05) is 18.4 Å². The summed E-state index contributed by atoms with van der Waals surface area (Å²) in [6.45, 7) is 1.19. The number of nitrogens with one attached hydrogen (secondary N) is 1. The van der Waals surface area contributed by atoms with Crippen LogP contribution in [0.2, 0.25) is 0 Å². The van der Waals surface area contributed by atoms with Crippen molar-refractivity contribution in [1.82, 2.24) is 4.90 Å². The van der Waals surface area contributed by atoms with E-state index in [0.717, 1.165) is 18.6 Å². The number of carbonyl (C=O) groups is 1. The third-order valence-electron chi connectivity index (χ3n) is 6.10. The second-order valence-corrected chi connectivity index (χ2v) is 7.95. The van der Waals surface area contributed by atoms with Gasteiger partial charge in [0.1, 0.15) is 11.5 Å². The lowest BCUT2D eigenvalue weighted by molar-refractivity contribution is -0.0574. The van der Waals surface area contributed by atoms with Crippen LogP contribution in [0.4, 0.5) is 10.5 Å². The van der Waals surface area contributed by atoms with Crippen LogP contribution in [0.15, 0.2) is 54.6 Å². The summed E-state index contributed by atoms with van der Waals surface area (Å²) in [5.74, 6) is 1.84. The Kier molecular flexibility index (Phi) is 5.53. The molecule has 0 bridgehead atoms. The highest BCUT2D eigenvalue weighted by atomic mass is 16.5.